The molecular weight excluding hydrogens is 338 g/mol. The Hall–Kier alpha value is -1.03. The predicted octanol–water partition coefficient (Wildman–Crippen LogP) is 5.01. The Morgan fingerprint density at radius 2 is 1.80 bits per heavy atom. The van der Waals surface area contributed by atoms with Crippen LogP contribution in [0.25, 0.3) is 0 Å². The van der Waals surface area contributed by atoms with Crippen LogP contribution in [0.3, 0.4) is 0 Å². The predicted molar refractivity (Wildman–Crippen MR) is 87.9 cm³/mol. The van der Waals surface area contributed by atoms with E-state index < -0.39 is 0 Å². The summed E-state index contributed by atoms with van der Waals surface area (Å²) in [5.74, 6) is 1.65. The molecule has 4 heteroatoms. The Morgan fingerprint density at radius 1 is 1.15 bits per heavy atom. The molecule has 0 aliphatic heterocycles. The average molecular weight is 355 g/mol. The fourth-order valence-electron chi connectivity index (χ4n) is 2.13. The summed E-state index contributed by atoms with van der Waals surface area (Å²) in [6.45, 7) is 4.62. The minimum absolute atomic E-state index is 0.633. The second-order valence-corrected chi connectivity index (χ2v) is 6.05. The zero-order valence-corrected chi connectivity index (χ0v) is 13.9. The molecule has 0 aliphatic rings. The van der Waals surface area contributed by atoms with Gasteiger partial charge in [-0.3, -0.25) is 0 Å². The van der Waals surface area contributed by atoms with E-state index in [2.05, 4.69) is 15.9 Å². The molecule has 0 aromatic heterocycles. The van der Waals surface area contributed by atoms with Gasteiger partial charge in [-0.15, -0.1) is 0 Å². The van der Waals surface area contributed by atoms with Gasteiger partial charge in [0.05, 0.1) is 0 Å². The van der Waals surface area contributed by atoms with Crippen LogP contribution in [0.15, 0.2) is 34.8 Å². The van der Waals surface area contributed by atoms with Crippen molar-refractivity contribution >= 4 is 27.5 Å². The third-order valence-electron chi connectivity index (χ3n) is 3.08. The molecule has 0 bridgehead atoms. The highest BCUT2D eigenvalue weighted by Crippen LogP contribution is 2.33. The third-order valence-corrected chi connectivity index (χ3v) is 4.04. The maximum Gasteiger partial charge on any atom is 0.133 e. The Morgan fingerprint density at radius 3 is 2.35 bits per heavy atom. The van der Waals surface area contributed by atoms with Gasteiger partial charge in [0.2, 0.25) is 0 Å². The molecule has 0 amide bonds. The number of halogens is 2. The van der Waals surface area contributed by atoms with Crippen molar-refractivity contribution in [1.29, 1.82) is 0 Å². The van der Waals surface area contributed by atoms with E-state index in [9.17, 15) is 0 Å². The topological polar surface area (TPSA) is 35.2 Å². The molecule has 2 aromatic rings. The summed E-state index contributed by atoms with van der Waals surface area (Å²) in [5.41, 5.74) is 8.82. The van der Waals surface area contributed by atoms with Crippen molar-refractivity contribution in [2.45, 2.75) is 20.3 Å². The normalized spacial score (nSPS) is 10.7. The Balaban J connectivity index is 2.29. The highest BCUT2D eigenvalue weighted by atomic mass is 79.9. The van der Waals surface area contributed by atoms with Crippen LogP contribution in [0, 0.1) is 13.8 Å². The smallest absolute Gasteiger partial charge is 0.133 e. The van der Waals surface area contributed by atoms with Crippen LogP contribution < -0.4 is 10.5 Å². The summed E-state index contributed by atoms with van der Waals surface area (Å²) in [6, 6.07) is 9.78. The van der Waals surface area contributed by atoms with E-state index in [-0.39, 0.29) is 0 Å². The third kappa shape index (κ3) is 3.54. The molecule has 2 N–H and O–H groups in total. The molecule has 0 aliphatic carbocycles. The largest absolute Gasteiger partial charge is 0.457 e. The zero-order chi connectivity index (χ0) is 14.7. The molecule has 2 aromatic carbocycles. The monoisotopic (exact) mass is 353 g/mol. The molecule has 2 nitrogen and oxygen atoms in total. The molecule has 0 spiro atoms. The minimum atomic E-state index is 0.633. The summed E-state index contributed by atoms with van der Waals surface area (Å²) in [4.78, 5) is 0. The highest BCUT2D eigenvalue weighted by Gasteiger charge is 2.08. The zero-order valence-electron chi connectivity index (χ0n) is 11.5. The number of ether oxygens (including phenoxy) is 1. The number of nitrogens with two attached hydrogens (primary N) is 1. The van der Waals surface area contributed by atoms with Crippen molar-refractivity contribution in [2.24, 2.45) is 5.73 Å². The molecule has 0 saturated heterocycles. The van der Waals surface area contributed by atoms with E-state index in [0.29, 0.717) is 6.54 Å². The number of hydrogen-bond acceptors (Lipinski definition) is 2. The molecule has 0 unspecified atom stereocenters. The molecule has 2 rings (SSSR count). The lowest BCUT2D eigenvalue weighted by Crippen LogP contribution is -2.03. The Kier molecular flexibility index (Phi) is 5.08. The van der Waals surface area contributed by atoms with Gasteiger partial charge in [-0.1, -0.05) is 33.6 Å². The Bertz CT molecular complexity index is 605. The lowest BCUT2D eigenvalue weighted by molar-refractivity contribution is 0.474. The summed E-state index contributed by atoms with van der Waals surface area (Å²) >= 11 is 9.58. The molecule has 0 atom stereocenters. The molecule has 0 fully saturated rings. The van der Waals surface area contributed by atoms with Crippen molar-refractivity contribution in [3.05, 3.63) is 56.5 Å². The fourth-order valence-corrected chi connectivity index (χ4v) is 3.01. The van der Waals surface area contributed by atoms with Crippen molar-refractivity contribution in [1.82, 2.24) is 0 Å². The van der Waals surface area contributed by atoms with E-state index in [1.54, 1.807) is 0 Å². The summed E-state index contributed by atoms with van der Waals surface area (Å²) in [7, 11) is 0. The van der Waals surface area contributed by atoms with Crippen LogP contribution in [0.4, 0.5) is 0 Å². The molecule has 106 valence electrons. The molecular formula is C16H17BrClNO. The number of benzene rings is 2. The van der Waals surface area contributed by atoms with Crippen LogP contribution in [0.1, 0.15) is 16.7 Å². The average Bonchev–Trinajstić information content (AvgIpc) is 2.37. The maximum absolute atomic E-state index is 6.03. The van der Waals surface area contributed by atoms with Gasteiger partial charge in [0.15, 0.2) is 0 Å². The van der Waals surface area contributed by atoms with Gasteiger partial charge < -0.3 is 10.5 Å². The van der Waals surface area contributed by atoms with Gasteiger partial charge in [-0.2, -0.15) is 0 Å². The van der Waals surface area contributed by atoms with E-state index in [1.165, 1.54) is 5.56 Å². The first kappa shape index (κ1) is 15.4. The first-order valence-electron chi connectivity index (χ1n) is 6.44. The van der Waals surface area contributed by atoms with Gasteiger partial charge in [-0.05, 0) is 67.8 Å². The lowest BCUT2D eigenvalue weighted by atomic mass is 10.1. The lowest BCUT2D eigenvalue weighted by Gasteiger charge is -2.13. The molecule has 0 heterocycles. The van der Waals surface area contributed by atoms with Gasteiger partial charge in [-0.25, -0.2) is 0 Å². The standard InChI is InChI=1S/C16H17BrClNO/c1-10-7-13(18)8-11(2)16(10)20-14-4-3-12(5-6-19)15(17)9-14/h3-4,7-9H,5-6,19H2,1-2H3. The quantitative estimate of drug-likeness (QED) is 0.837. The van der Waals surface area contributed by atoms with E-state index in [0.717, 1.165) is 38.5 Å². The van der Waals surface area contributed by atoms with Crippen LogP contribution >= 0.6 is 27.5 Å². The van der Waals surface area contributed by atoms with Crippen molar-refractivity contribution in [3.63, 3.8) is 0 Å². The maximum atomic E-state index is 6.03. The van der Waals surface area contributed by atoms with Crippen LogP contribution in [0.2, 0.25) is 5.02 Å². The number of rotatable bonds is 4. The second kappa shape index (κ2) is 6.61. The minimum Gasteiger partial charge on any atom is -0.457 e. The van der Waals surface area contributed by atoms with Crippen LogP contribution in [-0.4, -0.2) is 6.54 Å². The SMILES string of the molecule is Cc1cc(Cl)cc(C)c1Oc1ccc(CCN)c(Br)c1. The summed E-state index contributed by atoms with van der Waals surface area (Å²) in [6.07, 6.45) is 0.847. The van der Waals surface area contributed by atoms with Gasteiger partial charge in [0, 0.05) is 9.50 Å². The van der Waals surface area contributed by atoms with Gasteiger partial charge in [0.1, 0.15) is 11.5 Å². The number of hydrogen-bond donors (Lipinski definition) is 1. The van der Waals surface area contributed by atoms with E-state index in [1.807, 2.05) is 44.2 Å². The summed E-state index contributed by atoms with van der Waals surface area (Å²) < 4.78 is 7.01. The second-order valence-electron chi connectivity index (χ2n) is 4.76. The molecule has 20 heavy (non-hydrogen) atoms. The number of aryl methyl sites for hydroxylation is 2. The van der Waals surface area contributed by atoms with E-state index in [4.69, 9.17) is 22.1 Å². The van der Waals surface area contributed by atoms with Gasteiger partial charge >= 0.3 is 0 Å². The van der Waals surface area contributed by atoms with Gasteiger partial charge in [0.25, 0.3) is 0 Å². The van der Waals surface area contributed by atoms with Crippen molar-refractivity contribution in [2.75, 3.05) is 6.54 Å². The fraction of sp³-hybridized carbons (Fsp3) is 0.250. The Labute approximate surface area is 133 Å². The first-order chi connectivity index (χ1) is 9.51. The van der Waals surface area contributed by atoms with Crippen molar-refractivity contribution < 1.29 is 4.74 Å². The van der Waals surface area contributed by atoms with E-state index >= 15 is 0 Å². The molecule has 0 radical (unpaired) electrons. The van der Waals surface area contributed by atoms with Crippen LogP contribution in [-0.2, 0) is 6.42 Å². The molecule has 0 saturated carbocycles. The van der Waals surface area contributed by atoms with Crippen LogP contribution in [0.5, 0.6) is 11.5 Å². The van der Waals surface area contributed by atoms with Crippen molar-refractivity contribution in [3.8, 4) is 11.5 Å². The first-order valence-corrected chi connectivity index (χ1v) is 7.61. The highest BCUT2D eigenvalue weighted by molar-refractivity contribution is 9.10. The summed E-state index contributed by atoms with van der Waals surface area (Å²) in [5, 5.41) is 0.729.